The summed E-state index contributed by atoms with van der Waals surface area (Å²) in [5.41, 5.74) is 0.661. The summed E-state index contributed by atoms with van der Waals surface area (Å²) in [6.45, 7) is 8.01. The van der Waals surface area contributed by atoms with E-state index >= 15 is 0 Å². The van der Waals surface area contributed by atoms with Crippen LogP contribution in [-0.4, -0.2) is 70.1 Å². The number of nitrogens with zero attached hydrogens (tertiary/aromatic N) is 5. The molecule has 1 saturated carbocycles. The van der Waals surface area contributed by atoms with Crippen LogP contribution in [0.3, 0.4) is 0 Å². The van der Waals surface area contributed by atoms with Gasteiger partial charge in [0.15, 0.2) is 5.69 Å². The van der Waals surface area contributed by atoms with Gasteiger partial charge in [0.25, 0.3) is 0 Å². The molecule has 0 radical (unpaired) electrons. The molecule has 2 atom stereocenters. The highest BCUT2D eigenvalue weighted by molar-refractivity contribution is 5.76. The number of likely N-dealkylation sites (tertiary alicyclic amines) is 1. The molecule has 3 heterocycles. The van der Waals surface area contributed by atoms with E-state index in [4.69, 9.17) is 0 Å². The van der Waals surface area contributed by atoms with Gasteiger partial charge in [0.05, 0.1) is 12.4 Å². The first-order valence-corrected chi connectivity index (χ1v) is 12.1. The molecule has 0 unspecified atom stereocenters. The molecule has 3 aliphatic rings. The number of aromatic nitrogens is 2. The molecule has 1 aromatic heterocycles. The van der Waals surface area contributed by atoms with Gasteiger partial charge in [-0.25, -0.2) is 14.8 Å². The Balaban J connectivity index is 1.09. The second kappa shape index (κ2) is 8.96. The van der Waals surface area contributed by atoms with Crippen LogP contribution in [0.15, 0.2) is 42.7 Å². The van der Waals surface area contributed by atoms with Gasteiger partial charge in [0, 0.05) is 50.8 Å². The summed E-state index contributed by atoms with van der Waals surface area (Å²) in [5, 5.41) is 3.21. The normalized spacial score (nSPS) is 24.7. The molecule has 2 saturated heterocycles. The standard InChI is InChI=1S/C25H31F3N6O/c1-17-12-33(22-11-29-21(10-30-22)25(26,27)28)13-18(2)34(17)23(35)31-20-8-24(9-20)15-32(16-24)14-19-6-4-3-5-7-19/h3-7,10-11,17-18,20H,8-9,12-16H2,1-2H3,(H,31,35)/t17-,18+. The molecular weight excluding hydrogens is 457 g/mol. The Morgan fingerprint density at radius 3 is 2.29 bits per heavy atom. The quantitative estimate of drug-likeness (QED) is 0.710. The summed E-state index contributed by atoms with van der Waals surface area (Å²) >= 11 is 0. The van der Waals surface area contributed by atoms with E-state index in [-0.39, 0.29) is 24.2 Å². The number of halogens is 3. The van der Waals surface area contributed by atoms with Crippen LogP contribution in [0.25, 0.3) is 0 Å². The number of carbonyl (C=O) groups is 1. The van der Waals surface area contributed by atoms with Crippen molar-refractivity contribution in [1.82, 2.24) is 25.1 Å². The molecule has 7 nitrogen and oxygen atoms in total. The molecule has 35 heavy (non-hydrogen) atoms. The van der Waals surface area contributed by atoms with E-state index in [2.05, 4.69) is 44.5 Å². The van der Waals surface area contributed by atoms with Crippen molar-refractivity contribution in [2.45, 2.75) is 57.5 Å². The highest BCUT2D eigenvalue weighted by Crippen LogP contribution is 2.48. The number of amides is 2. The lowest BCUT2D eigenvalue weighted by atomic mass is 9.60. The molecule has 1 N–H and O–H groups in total. The number of anilines is 1. The minimum atomic E-state index is -4.51. The lowest BCUT2D eigenvalue weighted by Crippen LogP contribution is -2.68. The molecule has 1 aromatic carbocycles. The van der Waals surface area contributed by atoms with Gasteiger partial charge in [-0.2, -0.15) is 13.2 Å². The van der Waals surface area contributed by atoms with E-state index in [9.17, 15) is 18.0 Å². The molecular formula is C25H31F3N6O. The predicted octanol–water partition coefficient (Wildman–Crippen LogP) is 3.77. The van der Waals surface area contributed by atoms with Crippen molar-refractivity contribution >= 4 is 11.8 Å². The number of piperazine rings is 1. The van der Waals surface area contributed by atoms with Crippen molar-refractivity contribution in [3.05, 3.63) is 54.0 Å². The molecule has 3 fully saturated rings. The van der Waals surface area contributed by atoms with Gasteiger partial charge in [-0.1, -0.05) is 30.3 Å². The molecule has 1 aliphatic carbocycles. The van der Waals surface area contributed by atoms with E-state index in [1.165, 1.54) is 5.56 Å². The summed E-state index contributed by atoms with van der Waals surface area (Å²) in [4.78, 5) is 26.8. The largest absolute Gasteiger partial charge is 0.434 e. The molecule has 188 valence electrons. The smallest absolute Gasteiger partial charge is 0.351 e. The zero-order valence-electron chi connectivity index (χ0n) is 20.0. The molecule has 1 spiro atoms. The number of urea groups is 1. The monoisotopic (exact) mass is 488 g/mol. The highest BCUT2D eigenvalue weighted by atomic mass is 19.4. The van der Waals surface area contributed by atoms with Crippen LogP contribution >= 0.6 is 0 Å². The highest BCUT2D eigenvalue weighted by Gasteiger charge is 2.52. The van der Waals surface area contributed by atoms with Gasteiger partial charge in [-0.3, -0.25) is 4.90 Å². The van der Waals surface area contributed by atoms with Crippen molar-refractivity contribution in [1.29, 1.82) is 0 Å². The van der Waals surface area contributed by atoms with Crippen LogP contribution in [0, 0.1) is 5.41 Å². The van der Waals surface area contributed by atoms with Gasteiger partial charge in [0.1, 0.15) is 5.82 Å². The van der Waals surface area contributed by atoms with Crippen molar-refractivity contribution < 1.29 is 18.0 Å². The topological polar surface area (TPSA) is 64.6 Å². The molecule has 2 aliphatic heterocycles. The minimum absolute atomic E-state index is 0.0662. The predicted molar refractivity (Wildman–Crippen MR) is 126 cm³/mol. The SMILES string of the molecule is C[C@@H]1CN(c2cnc(C(F)(F)F)cn2)C[C@H](C)N1C(=O)NC1CC2(C1)CN(Cc1ccccc1)C2. The van der Waals surface area contributed by atoms with E-state index in [0.29, 0.717) is 24.3 Å². The van der Waals surface area contributed by atoms with Crippen LogP contribution in [0.5, 0.6) is 0 Å². The zero-order valence-corrected chi connectivity index (χ0v) is 20.0. The maximum absolute atomic E-state index is 13.1. The Morgan fingerprint density at radius 1 is 1.06 bits per heavy atom. The van der Waals surface area contributed by atoms with Crippen LogP contribution < -0.4 is 10.2 Å². The number of benzene rings is 1. The van der Waals surface area contributed by atoms with Crippen molar-refractivity contribution in [2.24, 2.45) is 5.41 Å². The van der Waals surface area contributed by atoms with Crippen LogP contribution in [0.4, 0.5) is 23.8 Å². The van der Waals surface area contributed by atoms with E-state index in [1.54, 1.807) is 0 Å². The van der Waals surface area contributed by atoms with E-state index < -0.39 is 11.9 Å². The van der Waals surface area contributed by atoms with E-state index in [1.807, 2.05) is 29.7 Å². The summed E-state index contributed by atoms with van der Waals surface area (Å²) in [6.07, 6.45) is -0.576. The lowest BCUT2D eigenvalue weighted by Gasteiger charge is -2.59. The van der Waals surface area contributed by atoms with Gasteiger partial charge in [0.2, 0.25) is 0 Å². The van der Waals surface area contributed by atoms with E-state index in [0.717, 1.165) is 44.9 Å². The molecule has 2 aromatic rings. The zero-order chi connectivity index (χ0) is 24.8. The third-order valence-electron chi connectivity index (χ3n) is 7.46. The van der Waals surface area contributed by atoms with Crippen molar-refractivity contribution in [2.75, 3.05) is 31.1 Å². The fourth-order valence-electron chi connectivity index (χ4n) is 5.99. The second-order valence-corrected chi connectivity index (χ2v) is 10.5. The summed E-state index contributed by atoms with van der Waals surface area (Å²) in [7, 11) is 0. The molecule has 10 heteroatoms. The third kappa shape index (κ3) is 4.94. The first-order chi connectivity index (χ1) is 16.6. The minimum Gasteiger partial charge on any atom is -0.351 e. The van der Waals surface area contributed by atoms with Gasteiger partial charge < -0.3 is 15.1 Å². The average molecular weight is 489 g/mol. The number of carbonyl (C=O) groups excluding carboxylic acids is 1. The Morgan fingerprint density at radius 2 is 1.71 bits per heavy atom. The summed E-state index contributed by atoms with van der Waals surface area (Å²) in [6, 6.07) is 10.4. The summed E-state index contributed by atoms with van der Waals surface area (Å²) in [5.74, 6) is 0.391. The van der Waals surface area contributed by atoms with Gasteiger partial charge >= 0.3 is 12.2 Å². The number of rotatable bonds is 4. The Bertz CT molecular complexity index is 1020. The van der Waals surface area contributed by atoms with Crippen LogP contribution in [0.1, 0.15) is 37.9 Å². The first kappa shape index (κ1) is 23.8. The second-order valence-electron chi connectivity index (χ2n) is 10.5. The number of hydrogen-bond acceptors (Lipinski definition) is 5. The molecule has 5 rings (SSSR count). The fourth-order valence-corrected chi connectivity index (χ4v) is 5.99. The lowest BCUT2D eigenvalue weighted by molar-refractivity contribution is -0.141. The summed E-state index contributed by atoms with van der Waals surface area (Å²) < 4.78 is 38.3. The van der Waals surface area contributed by atoms with Crippen molar-refractivity contribution in [3.63, 3.8) is 0 Å². The Labute approximate surface area is 203 Å². The Kier molecular flexibility index (Phi) is 6.11. The fraction of sp³-hybridized carbons (Fsp3) is 0.560. The van der Waals surface area contributed by atoms with Crippen LogP contribution in [-0.2, 0) is 12.7 Å². The molecule has 0 bridgehead atoms. The molecule has 2 amide bonds. The van der Waals surface area contributed by atoms with Crippen molar-refractivity contribution in [3.8, 4) is 0 Å². The third-order valence-corrected chi connectivity index (χ3v) is 7.46. The first-order valence-electron chi connectivity index (χ1n) is 12.1. The Hall–Kier alpha value is -2.88. The number of alkyl halides is 3. The van der Waals surface area contributed by atoms with Gasteiger partial charge in [-0.05, 0) is 37.7 Å². The van der Waals surface area contributed by atoms with Gasteiger partial charge in [-0.15, -0.1) is 0 Å². The number of nitrogens with one attached hydrogen (secondary N) is 1. The maximum atomic E-state index is 13.1. The van der Waals surface area contributed by atoms with Crippen LogP contribution in [0.2, 0.25) is 0 Å². The maximum Gasteiger partial charge on any atom is 0.434 e. The number of hydrogen-bond donors (Lipinski definition) is 1. The average Bonchev–Trinajstić information content (AvgIpc) is 2.76.